The maximum Gasteiger partial charge on any atom is 0.299 e. The van der Waals surface area contributed by atoms with Crippen LogP contribution in [-0.2, 0) is 22.7 Å². The zero-order chi connectivity index (χ0) is 12.3. The Bertz CT molecular complexity index is 269. The van der Waals surface area contributed by atoms with E-state index in [4.69, 9.17) is 26.6 Å². The lowest BCUT2D eigenvalue weighted by Crippen LogP contribution is -1.74. The van der Waals surface area contributed by atoms with E-state index in [1.54, 1.807) is 0 Å². The first-order valence-electron chi connectivity index (χ1n) is 3.47. The van der Waals surface area contributed by atoms with Crippen molar-refractivity contribution in [1.82, 2.24) is 0 Å². The van der Waals surface area contributed by atoms with Gasteiger partial charge in [-0.15, -0.1) is 0 Å². The molecule has 0 aliphatic carbocycles. The lowest BCUT2D eigenvalue weighted by molar-refractivity contribution is 0.452. The first-order valence-corrected chi connectivity index (χ1v) is 5.60. The summed E-state index contributed by atoms with van der Waals surface area (Å²) >= 11 is -5.22. The van der Waals surface area contributed by atoms with Gasteiger partial charge in [-0.25, -0.2) is 0 Å². The third-order valence-electron chi connectivity index (χ3n) is 0.940. The van der Waals surface area contributed by atoms with Crippen molar-refractivity contribution < 1.29 is 26.6 Å². The Balaban J connectivity index is 0. The van der Waals surface area contributed by atoms with E-state index < -0.39 is 22.7 Å². The first-order chi connectivity index (χ1) is 6.86. The van der Waals surface area contributed by atoms with Gasteiger partial charge in [0.15, 0.2) is 0 Å². The van der Waals surface area contributed by atoms with Gasteiger partial charge in [0, 0.05) is 0 Å². The summed E-state index contributed by atoms with van der Waals surface area (Å²) in [5.41, 5.74) is 1.32. The van der Waals surface area contributed by atoms with Gasteiger partial charge in [0.05, 0.1) is 0 Å². The third-order valence-corrected chi connectivity index (χ3v) is 0.940. The SMILES string of the molecule is Cc1ccccc1.O=S(O)O.O=S(O)O. The van der Waals surface area contributed by atoms with E-state index in [1.165, 1.54) is 5.56 Å². The van der Waals surface area contributed by atoms with Gasteiger partial charge in [-0.3, -0.25) is 18.2 Å². The summed E-state index contributed by atoms with van der Waals surface area (Å²) in [6.07, 6.45) is 0. The first kappa shape index (κ1) is 16.8. The normalized spacial score (nSPS) is 8.73. The van der Waals surface area contributed by atoms with Gasteiger partial charge in [-0.2, -0.15) is 8.42 Å². The van der Waals surface area contributed by atoms with E-state index in [2.05, 4.69) is 19.1 Å². The van der Waals surface area contributed by atoms with Crippen LogP contribution in [0.25, 0.3) is 0 Å². The van der Waals surface area contributed by atoms with Crippen LogP contribution in [0.1, 0.15) is 5.56 Å². The Morgan fingerprint density at radius 2 is 1.13 bits per heavy atom. The van der Waals surface area contributed by atoms with Crippen molar-refractivity contribution in [2.24, 2.45) is 0 Å². The van der Waals surface area contributed by atoms with Crippen molar-refractivity contribution in [3.8, 4) is 0 Å². The monoisotopic (exact) mass is 256 g/mol. The quantitative estimate of drug-likeness (QED) is 0.521. The molecule has 0 saturated carbocycles. The van der Waals surface area contributed by atoms with E-state index >= 15 is 0 Å². The molecule has 0 radical (unpaired) electrons. The fourth-order valence-corrected chi connectivity index (χ4v) is 0.534. The highest BCUT2D eigenvalue weighted by atomic mass is 32.2. The molecular weight excluding hydrogens is 244 g/mol. The lowest BCUT2D eigenvalue weighted by Gasteiger charge is -1.82. The van der Waals surface area contributed by atoms with Crippen LogP contribution >= 0.6 is 0 Å². The van der Waals surface area contributed by atoms with Gasteiger partial charge >= 0.3 is 0 Å². The molecule has 0 amide bonds. The summed E-state index contributed by atoms with van der Waals surface area (Å²) in [5.74, 6) is 0. The molecule has 0 fully saturated rings. The topological polar surface area (TPSA) is 115 Å². The van der Waals surface area contributed by atoms with Crippen LogP contribution in [0.15, 0.2) is 30.3 Å². The van der Waals surface area contributed by atoms with Crippen LogP contribution in [-0.4, -0.2) is 26.6 Å². The third kappa shape index (κ3) is 31.8. The van der Waals surface area contributed by atoms with Crippen molar-refractivity contribution in [1.29, 1.82) is 0 Å². The highest BCUT2D eigenvalue weighted by Gasteiger charge is 1.72. The minimum atomic E-state index is -2.61. The molecule has 15 heavy (non-hydrogen) atoms. The second-order valence-electron chi connectivity index (χ2n) is 2.12. The average molecular weight is 256 g/mol. The molecule has 0 unspecified atom stereocenters. The number of hydrogen-bond acceptors (Lipinski definition) is 2. The van der Waals surface area contributed by atoms with Crippen molar-refractivity contribution in [2.45, 2.75) is 6.92 Å². The highest BCUT2D eigenvalue weighted by Crippen LogP contribution is 1.92. The van der Waals surface area contributed by atoms with Crippen molar-refractivity contribution in [2.75, 3.05) is 0 Å². The molecule has 8 heteroatoms. The molecule has 0 aliphatic heterocycles. The van der Waals surface area contributed by atoms with Gasteiger partial charge in [0.2, 0.25) is 0 Å². The predicted molar refractivity (Wildman–Crippen MR) is 58.0 cm³/mol. The van der Waals surface area contributed by atoms with Crippen molar-refractivity contribution >= 4 is 22.7 Å². The summed E-state index contributed by atoms with van der Waals surface area (Å²) in [4.78, 5) is 0. The molecule has 88 valence electrons. The Morgan fingerprint density at radius 1 is 0.867 bits per heavy atom. The second kappa shape index (κ2) is 11.4. The summed E-state index contributed by atoms with van der Waals surface area (Å²) < 4.78 is 45.7. The molecule has 0 heterocycles. The second-order valence-corrected chi connectivity index (χ2v) is 3.04. The zero-order valence-corrected chi connectivity index (χ0v) is 9.44. The number of benzene rings is 1. The highest BCUT2D eigenvalue weighted by molar-refractivity contribution is 7.73. The molecule has 1 aromatic carbocycles. The van der Waals surface area contributed by atoms with Crippen LogP contribution in [0.2, 0.25) is 0 Å². The molecule has 0 saturated heterocycles. The van der Waals surface area contributed by atoms with Crippen molar-refractivity contribution in [3.63, 3.8) is 0 Å². The Morgan fingerprint density at radius 3 is 1.27 bits per heavy atom. The van der Waals surface area contributed by atoms with Crippen LogP contribution < -0.4 is 0 Å². The molecule has 4 N–H and O–H groups in total. The number of hydrogen-bond donors (Lipinski definition) is 4. The summed E-state index contributed by atoms with van der Waals surface area (Å²) in [5, 5.41) is 0. The minimum Gasteiger partial charge on any atom is -0.284 e. The molecule has 1 aromatic rings. The van der Waals surface area contributed by atoms with Gasteiger partial charge in [-0.1, -0.05) is 35.9 Å². The van der Waals surface area contributed by atoms with Crippen molar-refractivity contribution in [3.05, 3.63) is 35.9 Å². The molecular formula is C7H12O6S2. The number of aryl methyl sites for hydroxylation is 1. The van der Waals surface area contributed by atoms with E-state index in [-0.39, 0.29) is 0 Å². The smallest absolute Gasteiger partial charge is 0.284 e. The largest absolute Gasteiger partial charge is 0.299 e. The molecule has 0 aromatic heterocycles. The zero-order valence-electron chi connectivity index (χ0n) is 7.81. The van der Waals surface area contributed by atoms with E-state index in [9.17, 15) is 0 Å². The lowest BCUT2D eigenvalue weighted by atomic mass is 10.2. The maximum atomic E-state index is 8.67. The van der Waals surface area contributed by atoms with Gasteiger partial charge in [0.25, 0.3) is 22.7 Å². The van der Waals surface area contributed by atoms with Crippen LogP contribution in [0.3, 0.4) is 0 Å². The summed E-state index contributed by atoms with van der Waals surface area (Å²) in [7, 11) is 0. The fraction of sp³-hybridized carbons (Fsp3) is 0.143. The van der Waals surface area contributed by atoms with E-state index in [1.807, 2.05) is 18.2 Å². The molecule has 0 atom stereocenters. The molecule has 1 rings (SSSR count). The summed E-state index contributed by atoms with van der Waals surface area (Å²) in [6, 6.07) is 10.3. The Kier molecular flexibility index (Phi) is 12.8. The molecule has 0 spiro atoms. The van der Waals surface area contributed by atoms with E-state index in [0.29, 0.717) is 0 Å². The van der Waals surface area contributed by atoms with Crippen LogP contribution in [0.4, 0.5) is 0 Å². The minimum absolute atomic E-state index is 1.32. The maximum absolute atomic E-state index is 8.67. The Labute approximate surface area is 92.6 Å². The predicted octanol–water partition coefficient (Wildman–Crippen LogP) is 1.36. The van der Waals surface area contributed by atoms with Crippen LogP contribution in [0, 0.1) is 6.92 Å². The fourth-order valence-electron chi connectivity index (χ4n) is 0.534. The van der Waals surface area contributed by atoms with Crippen LogP contribution in [0.5, 0.6) is 0 Å². The van der Waals surface area contributed by atoms with Gasteiger partial charge < -0.3 is 0 Å². The summed E-state index contributed by atoms with van der Waals surface area (Å²) in [6.45, 7) is 2.08. The van der Waals surface area contributed by atoms with Gasteiger partial charge in [-0.05, 0) is 6.92 Å². The Hall–Kier alpha value is -0.640. The molecule has 0 bridgehead atoms. The molecule has 0 aliphatic rings. The van der Waals surface area contributed by atoms with E-state index in [0.717, 1.165) is 0 Å². The molecule has 6 nitrogen and oxygen atoms in total. The van der Waals surface area contributed by atoms with Gasteiger partial charge in [0.1, 0.15) is 0 Å². The average Bonchev–Trinajstić information content (AvgIpc) is 2.03. The standard InChI is InChI=1S/C7H8.2H2O3S/c1-7-5-3-2-4-6-7;2*1-4(2)3/h2-6H,1H3;2*(H2,1,2,3). The number of rotatable bonds is 0.